The highest BCUT2D eigenvalue weighted by atomic mass is 16.5. The molecule has 11 rings (SSSR count). The zero-order chi connectivity index (χ0) is 52.3. The summed E-state index contributed by atoms with van der Waals surface area (Å²) in [5.74, 6) is -12.6. The van der Waals surface area contributed by atoms with Crippen LogP contribution in [0.2, 0.25) is 0 Å². The minimum absolute atomic E-state index is 0.0116. The maximum absolute atomic E-state index is 13.2. The highest BCUT2D eigenvalue weighted by Crippen LogP contribution is 2.62. The van der Waals surface area contributed by atoms with Crippen molar-refractivity contribution in [1.82, 2.24) is 0 Å². The van der Waals surface area contributed by atoms with Crippen LogP contribution >= 0.6 is 0 Å². The van der Waals surface area contributed by atoms with Gasteiger partial charge in [0.15, 0.2) is 58.2 Å². The van der Waals surface area contributed by atoms with Crippen LogP contribution in [0.5, 0.6) is 92.0 Å². The second-order valence-corrected chi connectivity index (χ2v) is 18.6. The molecule has 0 saturated heterocycles. The molecule has 20 heteroatoms. The molecule has 0 amide bonds. The molecule has 0 aromatic heterocycles. The van der Waals surface area contributed by atoms with Gasteiger partial charge >= 0.3 is 5.97 Å². The van der Waals surface area contributed by atoms with Gasteiger partial charge in [-0.2, -0.15) is 0 Å². The maximum Gasteiger partial charge on any atom is 0.312 e. The first-order chi connectivity index (χ1) is 35.3. The Balaban J connectivity index is 1.14. The number of aliphatic hydroxyl groups is 3. The SMILES string of the molecule is O=C1C[C@@H](c2ccc(O)c(O)c2)c2c(cc(O)c3c2O[C@H](c2ccc(O)c(O)c2)[C@H](O)[C@H]3c2ccc(O)c3c2O[C@H](c2ccc(O)c(O)c2)[C@H](O)[C@H]3c2c(O)cc3c(c2O)C[C@H](O)[C@@H](c2ccc(O)c(O)c2)O3)O1. The number of aromatic hydroxyl groups is 12. The van der Waals surface area contributed by atoms with Crippen LogP contribution in [0.1, 0.15) is 98.1 Å². The summed E-state index contributed by atoms with van der Waals surface area (Å²) < 4.78 is 25.0. The number of rotatable bonds is 6. The molecule has 7 aromatic rings. The Morgan fingerprint density at radius 1 is 0.392 bits per heavy atom. The van der Waals surface area contributed by atoms with Crippen LogP contribution in [-0.4, -0.2) is 101 Å². The second-order valence-electron chi connectivity index (χ2n) is 18.6. The summed E-state index contributed by atoms with van der Waals surface area (Å²) in [7, 11) is 0. The Kier molecular flexibility index (Phi) is 11.0. The number of phenols is 12. The first-order valence-electron chi connectivity index (χ1n) is 22.9. The first-order valence-corrected chi connectivity index (χ1v) is 22.9. The summed E-state index contributed by atoms with van der Waals surface area (Å²) in [4.78, 5) is 13.2. The van der Waals surface area contributed by atoms with Crippen molar-refractivity contribution in [3.05, 3.63) is 153 Å². The number of fused-ring (bicyclic) bond motifs is 5. The van der Waals surface area contributed by atoms with E-state index in [2.05, 4.69) is 0 Å². The van der Waals surface area contributed by atoms with Crippen LogP contribution in [0.15, 0.2) is 97.1 Å². The van der Waals surface area contributed by atoms with E-state index >= 15 is 0 Å². The lowest BCUT2D eigenvalue weighted by atomic mass is 9.73. The van der Waals surface area contributed by atoms with Crippen molar-refractivity contribution >= 4 is 5.97 Å². The quantitative estimate of drug-likeness (QED) is 0.0525. The molecular weight excluding hydrogens is 969 g/mol. The third kappa shape index (κ3) is 7.44. The molecule has 15 N–H and O–H groups in total. The minimum atomic E-state index is -1.90. The Hall–Kier alpha value is -9.11. The van der Waals surface area contributed by atoms with Gasteiger partial charge in [-0.25, -0.2) is 0 Å². The van der Waals surface area contributed by atoms with Crippen molar-refractivity contribution in [2.75, 3.05) is 0 Å². The van der Waals surface area contributed by atoms with E-state index in [0.29, 0.717) is 0 Å². The number of esters is 1. The minimum Gasteiger partial charge on any atom is -0.508 e. The lowest BCUT2D eigenvalue weighted by Gasteiger charge is -2.43. The largest absolute Gasteiger partial charge is 0.508 e. The van der Waals surface area contributed by atoms with Gasteiger partial charge in [0.1, 0.15) is 64.3 Å². The van der Waals surface area contributed by atoms with Gasteiger partial charge in [-0.1, -0.05) is 30.3 Å². The molecule has 0 bridgehead atoms. The van der Waals surface area contributed by atoms with Crippen molar-refractivity contribution in [2.45, 2.75) is 67.2 Å². The van der Waals surface area contributed by atoms with Crippen LogP contribution in [0.25, 0.3) is 0 Å². The third-order valence-electron chi connectivity index (χ3n) is 14.3. The number of carbonyl (C=O) groups excluding carboxylic acids is 1. The topological polar surface area (TPSA) is 357 Å². The fourth-order valence-electron chi connectivity index (χ4n) is 10.8. The zero-order valence-corrected chi connectivity index (χ0v) is 38.1. The number of benzene rings is 7. The van der Waals surface area contributed by atoms with Crippen LogP contribution in [0.3, 0.4) is 0 Å². The fourth-order valence-corrected chi connectivity index (χ4v) is 10.8. The third-order valence-corrected chi connectivity index (χ3v) is 14.3. The summed E-state index contributed by atoms with van der Waals surface area (Å²) in [6.45, 7) is 0. The standard InChI is InChI=1S/C54H44O20/c55-26-6-1-19(11-31(26)60)24-16-40(67)71-39-18-36(65)45-42(48(69)51(74-54(45)41(24)39)21-3-8-28(57)33(62)13-21)23-5-10-30(59)44-46(49(70)52(73-53(23)44)22-4-9-29(58)34(63)14-22)43-35(64)17-38-25(47(43)68)15-37(66)50(72-38)20-2-7-27(56)32(61)12-20/h1-14,17-18,24,37,42,46,48-52,55-66,68-70H,15-16H2/t24-,37-,42-,46-,48+,49+,50+,51+,52+/m0/s1. The number of ether oxygens (including phenoxy) is 4. The molecule has 20 nitrogen and oxygen atoms in total. The first kappa shape index (κ1) is 47.2. The van der Waals surface area contributed by atoms with Gasteiger partial charge in [0.05, 0.1) is 18.4 Å². The summed E-state index contributed by atoms with van der Waals surface area (Å²) in [6.07, 6.45) is -10.1. The molecule has 0 saturated carbocycles. The molecule has 74 heavy (non-hydrogen) atoms. The van der Waals surface area contributed by atoms with E-state index in [1.54, 1.807) is 0 Å². The molecule has 380 valence electrons. The van der Waals surface area contributed by atoms with Gasteiger partial charge in [0, 0.05) is 63.8 Å². The molecule has 0 fully saturated rings. The van der Waals surface area contributed by atoms with Gasteiger partial charge < -0.3 is 95.5 Å². The van der Waals surface area contributed by atoms with Gasteiger partial charge in [-0.15, -0.1) is 0 Å². The van der Waals surface area contributed by atoms with Crippen LogP contribution in [0.4, 0.5) is 0 Å². The van der Waals surface area contributed by atoms with Crippen LogP contribution < -0.4 is 18.9 Å². The summed E-state index contributed by atoms with van der Waals surface area (Å²) in [5, 5.41) is 168. The predicted molar refractivity (Wildman–Crippen MR) is 253 cm³/mol. The predicted octanol–water partition coefficient (Wildman–Crippen LogP) is 5.88. The number of aliphatic hydroxyl groups excluding tert-OH is 3. The summed E-state index contributed by atoms with van der Waals surface area (Å²) in [6, 6.07) is 19.5. The number of carbonyl (C=O) groups is 1. The molecule has 4 heterocycles. The molecule has 0 aliphatic carbocycles. The molecule has 4 aliphatic heterocycles. The normalized spacial score (nSPS) is 23.7. The Labute approximate surface area is 417 Å². The lowest BCUT2D eigenvalue weighted by Crippen LogP contribution is -2.39. The molecule has 0 radical (unpaired) electrons. The second kappa shape index (κ2) is 17.3. The van der Waals surface area contributed by atoms with Crippen molar-refractivity contribution in [3.63, 3.8) is 0 Å². The Morgan fingerprint density at radius 3 is 1.42 bits per heavy atom. The summed E-state index contributed by atoms with van der Waals surface area (Å²) >= 11 is 0. The average molecular weight is 1010 g/mol. The monoisotopic (exact) mass is 1010 g/mol. The van der Waals surface area contributed by atoms with Crippen molar-refractivity contribution in [2.24, 2.45) is 0 Å². The summed E-state index contributed by atoms with van der Waals surface area (Å²) in [5.41, 5.74) is -0.231. The van der Waals surface area contributed by atoms with Crippen molar-refractivity contribution in [3.8, 4) is 92.0 Å². The number of hydrogen-bond acceptors (Lipinski definition) is 20. The zero-order valence-electron chi connectivity index (χ0n) is 38.1. The molecule has 9 atom stereocenters. The van der Waals surface area contributed by atoms with Gasteiger partial charge in [0.2, 0.25) is 0 Å². The number of hydrogen-bond donors (Lipinski definition) is 15. The van der Waals surface area contributed by atoms with Crippen molar-refractivity contribution in [1.29, 1.82) is 0 Å². The number of phenolic OH excluding ortho intramolecular Hbond substituents is 12. The highest BCUT2D eigenvalue weighted by molar-refractivity contribution is 5.81. The molecular formula is C54H44O20. The van der Waals surface area contributed by atoms with Gasteiger partial charge in [-0.3, -0.25) is 4.79 Å². The van der Waals surface area contributed by atoms with E-state index in [1.807, 2.05) is 0 Å². The Bertz CT molecular complexity index is 3480. The maximum atomic E-state index is 13.2. The van der Waals surface area contributed by atoms with Crippen LogP contribution in [0, 0.1) is 0 Å². The molecule has 0 unspecified atom stereocenters. The molecule has 7 aromatic carbocycles. The van der Waals surface area contributed by atoms with E-state index in [-0.39, 0.29) is 85.9 Å². The highest BCUT2D eigenvalue weighted by Gasteiger charge is 2.51. The fraction of sp³-hybridized carbons (Fsp3) is 0.204. The van der Waals surface area contributed by atoms with E-state index in [9.17, 15) is 81.4 Å². The van der Waals surface area contributed by atoms with E-state index < -0.39 is 135 Å². The lowest BCUT2D eigenvalue weighted by molar-refractivity contribution is -0.135. The van der Waals surface area contributed by atoms with Gasteiger partial charge in [-0.05, 0) is 76.9 Å². The average Bonchev–Trinajstić information content (AvgIpc) is 3.36. The van der Waals surface area contributed by atoms with Crippen molar-refractivity contribution < 1.29 is 100 Å². The Morgan fingerprint density at radius 2 is 0.851 bits per heavy atom. The van der Waals surface area contributed by atoms with E-state index in [0.717, 1.165) is 36.4 Å². The molecule has 0 spiro atoms. The van der Waals surface area contributed by atoms with E-state index in [1.165, 1.54) is 60.7 Å². The molecule has 4 aliphatic rings. The van der Waals surface area contributed by atoms with E-state index in [4.69, 9.17) is 18.9 Å². The van der Waals surface area contributed by atoms with Gasteiger partial charge in [0.25, 0.3) is 0 Å². The smallest absolute Gasteiger partial charge is 0.312 e. The van der Waals surface area contributed by atoms with Crippen LogP contribution in [-0.2, 0) is 11.2 Å².